The van der Waals surface area contributed by atoms with E-state index in [0.717, 1.165) is 19.0 Å². The van der Waals surface area contributed by atoms with Crippen LogP contribution in [0.5, 0.6) is 0 Å². The van der Waals surface area contributed by atoms with E-state index in [2.05, 4.69) is 4.90 Å². The molecule has 0 spiro atoms. The van der Waals surface area contributed by atoms with Crippen molar-refractivity contribution in [3.63, 3.8) is 0 Å². The van der Waals surface area contributed by atoms with Crippen molar-refractivity contribution in [2.45, 2.75) is 44.2 Å². The van der Waals surface area contributed by atoms with E-state index in [9.17, 15) is 5.11 Å². The maximum absolute atomic E-state index is 9.41. The Morgan fingerprint density at radius 1 is 1.09 bits per heavy atom. The number of likely N-dealkylation sites (tertiary alicyclic amines) is 1. The first kappa shape index (κ1) is 7.56. The van der Waals surface area contributed by atoms with Gasteiger partial charge in [-0.2, -0.15) is 0 Å². The number of β-amino-alcohol motifs (C(OH)–C–C–N with tert-alkyl or cyclic N) is 1. The highest BCUT2D eigenvalue weighted by atomic mass is 16.3. The van der Waals surface area contributed by atoms with E-state index in [-0.39, 0.29) is 6.10 Å². The molecule has 64 valence electrons. The van der Waals surface area contributed by atoms with Crippen molar-refractivity contribution in [3.05, 3.63) is 0 Å². The number of hydrogen-bond acceptors (Lipinski definition) is 2. The summed E-state index contributed by atoms with van der Waals surface area (Å²) in [5, 5.41) is 9.41. The summed E-state index contributed by atoms with van der Waals surface area (Å²) in [7, 11) is 0. The van der Waals surface area contributed by atoms with Crippen LogP contribution < -0.4 is 0 Å². The Morgan fingerprint density at radius 3 is 2.45 bits per heavy atom. The number of hydrogen-bond donors (Lipinski definition) is 1. The minimum atomic E-state index is -0.0376. The highest BCUT2D eigenvalue weighted by Gasteiger charge is 2.28. The van der Waals surface area contributed by atoms with Crippen LogP contribution in [-0.2, 0) is 0 Å². The van der Waals surface area contributed by atoms with Gasteiger partial charge in [-0.25, -0.2) is 0 Å². The topological polar surface area (TPSA) is 23.5 Å². The summed E-state index contributed by atoms with van der Waals surface area (Å²) in [6.07, 6.45) is 6.31. The fourth-order valence-corrected chi connectivity index (χ4v) is 2.07. The van der Waals surface area contributed by atoms with Crippen LogP contribution in [-0.4, -0.2) is 35.2 Å². The zero-order valence-electron chi connectivity index (χ0n) is 7.00. The molecule has 0 unspecified atom stereocenters. The van der Waals surface area contributed by atoms with Crippen molar-refractivity contribution in [2.24, 2.45) is 0 Å². The third-order valence-electron chi connectivity index (χ3n) is 3.02. The molecule has 2 nitrogen and oxygen atoms in total. The van der Waals surface area contributed by atoms with E-state index in [4.69, 9.17) is 0 Å². The maximum atomic E-state index is 9.41. The van der Waals surface area contributed by atoms with Gasteiger partial charge in [-0.15, -0.1) is 0 Å². The van der Waals surface area contributed by atoms with Crippen LogP contribution in [0.15, 0.2) is 0 Å². The predicted molar refractivity (Wildman–Crippen MR) is 44.5 cm³/mol. The van der Waals surface area contributed by atoms with Crippen LogP contribution in [0.1, 0.15) is 32.1 Å². The average Bonchev–Trinajstić information content (AvgIpc) is 1.83. The lowest BCUT2D eigenvalue weighted by Crippen LogP contribution is -2.47. The molecule has 1 aliphatic heterocycles. The Balaban J connectivity index is 1.82. The lowest BCUT2D eigenvalue weighted by Gasteiger charge is -2.41. The van der Waals surface area contributed by atoms with Crippen LogP contribution in [0, 0.1) is 0 Å². The Kier molecular flexibility index (Phi) is 2.14. The lowest BCUT2D eigenvalue weighted by molar-refractivity contribution is 0.0240. The predicted octanol–water partition coefficient (Wildman–Crippen LogP) is 0.996. The largest absolute Gasteiger partial charge is 0.392 e. The van der Waals surface area contributed by atoms with Gasteiger partial charge in [-0.3, -0.25) is 4.90 Å². The molecule has 1 aliphatic carbocycles. The molecule has 1 N–H and O–H groups in total. The second kappa shape index (κ2) is 3.11. The number of aliphatic hydroxyl groups excluding tert-OH is 1. The lowest BCUT2D eigenvalue weighted by atomic mass is 9.90. The number of rotatable bonds is 1. The summed E-state index contributed by atoms with van der Waals surface area (Å²) in [5.41, 5.74) is 0. The van der Waals surface area contributed by atoms with Crippen LogP contribution in [0.2, 0.25) is 0 Å². The number of aliphatic hydroxyl groups is 1. The van der Waals surface area contributed by atoms with E-state index in [1.807, 2.05) is 0 Å². The van der Waals surface area contributed by atoms with Gasteiger partial charge in [-0.1, -0.05) is 6.42 Å². The molecular formula is C9H17NO. The highest BCUT2D eigenvalue weighted by molar-refractivity contribution is 4.83. The fraction of sp³-hybridized carbons (Fsp3) is 1.00. The molecule has 0 amide bonds. The third kappa shape index (κ3) is 1.57. The van der Waals surface area contributed by atoms with Crippen molar-refractivity contribution in [1.82, 2.24) is 4.90 Å². The summed E-state index contributed by atoms with van der Waals surface area (Å²) >= 11 is 0. The van der Waals surface area contributed by atoms with E-state index in [1.165, 1.54) is 32.2 Å². The summed E-state index contributed by atoms with van der Waals surface area (Å²) < 4.78 is 0. The minimum absolute atomic E-state index is 0.0376. The highest BCUT2D eigenvalue weighted by Crippen LogP contribution is 2.27. The fourth-order valence-electron chi connectivity index (χ4n) is 2.07. The second-order valence-electron chi connectivity index (χ2n) is 3.88. The molecule has 0 aromatic rings. The smallest absolute Gasteiger partial charge is 0.0667 e. The summed E-state index contributed by atoms with van der Waals surface area (Å²) in [4.78, 5) is 2.47. The van der Waals surface area contributed by atoms with Crippen molar-refractivity contribution < 1.29 is 5.11 Å². The van der Waals surface area contributed by atoms with Gasteiger partial charge in [0, 0.05) is 12.6 Å². The molecule has 2 fully saturated rings. The number of piperidine rings is 1. The molecule has 0 aromatic heterocycles. The van der Waals surface area contributed by atoms with Gasteiger partial charge < -0.3 is 5.11 Å². The van der Waals surface area contributed by atoms with Gasteiger partial charge in [0.1, 0.15) is 0 Å². The van der Waals surface area contributed by atoms with Crippen LogP contribution >= 0.6 is 0 Å². The molecular weight excluding hydrogens is 138 g/mol. The van der Waals surface area contributed by atoms with E-state index in [1.54, 1.807) is 0 Å². The Hall–Kier alpha value is -0.0800. The van der Waals surface area contributed by atoms with Gasteiger partial charge in [0.2, 0.25) is 0 Å². The summed E-state index contributed by atoms with van der Waals surface area (Å²) in [6.45, 7) is 2.16. The average molecular weight is 155 g/mol. The first-order chi connectivity index (χ1) is 5.36. The molecule has 2 heteroatoms. The van der Waals surface area contributed by atoms with E-state index < -0.39 is 0 Å². The second-order valence-corrected chi connectivity index (χ2v) is 3.88. The molecule has 2 rings (SSSR count). The third-order valence-corrected chi connectivity index (χ3v) is 3.02. The first-order valence-electron chi connectivity index (χ1n) is 4.78. The standard InChI is InChI=1S/C9H17NO/c11-9-5-2-6-10(7-9)8-3-1-4-8/h8-9,11H,1-7H2/t9-/m0/s1. The Morgan fingerprint density at radius 2 is 1.91 bits per heavy atom. The van der Waals surface area contributed by atoms with E-state index in [0.29, 0.717) is 0 Å². The van der Waals surface area contributed by atoms with Crippen molar-refractivity contribution in [3.8, 4) is 0 Å². The van der Waals surface area contributed by atoms with Crippen molar-refractivity contribution in [2.75, 3.05) is 13.1 Å². The maximum Gasteiger partial charge on any atom is 0.0667 e. The van der Waals surface area contributed by atoms with Gasteiger partial charge in [-0.05, 0) is 32.2 Å². The van der Waals surface area contributed by atoms with Crippen molar-refractivity contribution >= 4 is 0 Å². The van der Waals surface area contributed by atoms with Gasteiger partial charge in [0.25, 0.3) is 0 Å². The van der Waals surface area contributed by atoms with Gasteiger partial charge in [0.15, 0.2) is 0 Å². The van der Waals surface area contributed by atoms with E-state index >= 15 is 0 Å². The molecule has 0 radical (unpaired) electrons. The molecule has 0 aromatic carbocycles. The monoisotopic (exact) mass is 155 g/mol. The molecule has 1 heterocycles. The summed E-state index contributed by atoms with van der Waals surface area (Å²) in [6, 6.07) is 0.824. The van der Waals surface area contributed by atoms with Gasteiger partial charge >= 0.3 is 0 Å². The van der Waals surface area contributed by atoms with Crippen LogP contribution in [0.3, 0.4) is 0 Å². The minimum Gasteiger partial charge on any atom is -0.392 e. The quantitative estimate of drug-likeness (QED) is 0.610. The summed E-state index contributed by atoms with van der Waals surface area (Å²) in [5.74, 6) is 0. The molecule has 2 aliphatic rings. The zero-order valence-corrected chi connectivity index (χ0v) is 7.00. The number of nitrogens with zero attached hydrogens (tertiary/aromatic N) is 1. The zero-order chi connectivity index (χ0) is 7.68. The van der Waals surface area contributed by atoms with Crippen LogP contribution in [0.4, 0.5) is 0 Å². The molecule has 1 saturated carbocycles. The normalized spacial score (nSPS) is 35.2. The van der Waals surface area contributed by atoms with Gasteiger partial charge in [0.05, 0.1) is 6.10 Å². The Bertz CT molecular complexity index is 134. The first-order valence-corrected chi connectivity index (χ1v) is 4.78. The molecule has 1 atom stereocenters. The van der Waals surface area contributed by atoms with Crippen LogP contribution in [0.25, 0.3) is 0 Å². The molecule has 1 saturated heterocycles. The SMILES string of the molecule is O[C@H]1CCCN(C2CCC2)C1. The van der Waals surface area contributed by atoms with Crippen molar-refractivity contribution in [1.29, 1.82) is 0 Å². The Labute approximate surface area is 68.2 Å². The molecule has 0 bridgehead atoms. The molecule has 11 heavy (non-hydrogen) atoms.